The summed E-state index contributed by atoms with van der Waals surface area (Å²) in [6.45, 7) is 14.8. The fourth-order valence-corrected chi connectivity index (χ4v) is 3.99. The van der Waals surface area contributed by atoms with Crippen molar-refractivity contribution in [2.75, 3.05) is 26.2 Å². The molecule has 28 heavy (non-hydrogen) atoms. The highest BCUT2D eigenvalue weighted by molar-refractivity contribution is 6.05. The zero-order chi connectivity index (χ0) is 20.3. The maximum absolute atomic E-state index is 12.9. The van der Waals surface area contributed by atoms with E-state index in [1.54, 1.807) is 6.20 Å². The minimum atomic E-state index is -0.0235. The van der Waals surface area contributed by atoms with Gasteiger partial charge in [0, 0.05) is 24.8 Å². The Morgan fingerprint density at radius 2 is 2.11 bits per heavy atom. The van der Waals surface area contributed by atoms with Crippen LogP contribution in [0.2, 0.25) is 0 Å². The van der Waals surface area contributed by atoms with Gasteiger partial charge < -0.3 is 10.2 Å². The highest BCUT2D eigenvalue weighted by Gasteiger charge is 2.19. The summed E-state index contributed by atoms with van der Waals surface area (Å²) in [5.41, 5.74) is 2.42. The van der Waals surface area contributed by atoms with Gasteiger partial charge in [-0.2, -0.15) is 5.10 Å². The summed E-state index contributed by atoms with van der Waals surface area (Å²) in [5, 5.41) is 8.42. The van der Waals surface area contributed by atoms with E-state index in [1.165, 1.54) is 25.9 Å². The smallest absolute Gasteiger partial charge is 0.252 e. The van der Waals surface area contributed by atoms with Gasteiger partial charge in [0.15, 0.2) is 5.65 Å². The minimum Gasteiger partial charge on any atom is -0.352 e. The van der Waals surface area contributed by atoms with Crippen LogP contribution in [0.3, 0.4) is 0 Å². The third kappa shape index (κ3) is 4.72. The van der Waals surface area contributed by atoms with Crippen LogP contribution in [0, 0.1) is 5.92 Å². The zero-order valence-corrected chi connectivity index (χ0v) is 18.0. The fraction of sp³-hybridized carbons (Fsp3) is 0.682. The monoisotopic (exact) mass is 385 g/mol. The normalized spacial score (nSPS) is 18.3. The van der Waals surface area contributed by atoms with Crippen LogP contribution >= 0.6 is 0 Å². The van der Waals surface area contributed by atoms with Crippen molar-refractivity contribution in [2.45, 2.75) is 65.8 Å². The lowest BCUT2D eigenvalue weighted by molar-refractivity contribution is 0.0951. The number of nitrogens with one attached hydrogen (secondary N) is 1. The molecule has 0 bridgehead atoms. The van der Waals surface area contributed by atoms with E-state index in [0.29, 0.717) is 12.1 Å². The number of aromatic nitrogens is 3. The van der Waals surface area contributed by atoms with Gasteiger partial charge in [-0.25, -0.2) is 9.67 Å². The van der Waals surface area contributed by atoms with Crippen molar-refractivity contribution in [1.29, 1.82) is 0 Å². The second kappa shape index (κ2) is 9.03. The second-order valence-electron chi connectivity index (χ2n) is 8.83. The SMILES string of the molecule is CC1CCCN(CCCNC(=O)c2cc(C(C)C)nc3c2cnn3C(C)C)C1. The van der Waals surface area contributed by atoms with E-state index in [-0.39, 0.29) is 17.9 Å². The highest BCUT2D eigenvalue weighted by atomic mass is 16.1. The topological polar surface area (TPSA) is 63.1 Å². The molecule has 0 aromatic carbocycles. The number of carbonyl (C=O) groups is 1. The number of amides is 1. The molecule has 1 fully saturated rings. The number of rotatable bonds is 7. The Morgan fingerprint density at radius 1 is 1.32 bits per heavy atom. The van der Waals surface area contributed by atoms with Crippen molar-refractivity contribution in [1.82, 2.24) is 25.0 Å². The van der Waals surface area contributed by atoms with E-state index < -0.39 is 0 Å². The quantitative estimate of drug-likeness (QED) is 0.732. The average Bonchev–Trinajstić information content (AvgIpc) is 3.08. The van der Waals surface area contributed by atoms with E-state index in [9.17, 15) is 4.79 Å². The summed E-state index contributed by atoms with van der Waals surface area (Å²) in [5.74, 6) is 1.03. The molecule has 6 nitrogen and oxygen atoms in total. The summed E-state index contributed by atoms with van der Waals surface area (Å²) in [6, 6.07) is 2.14. The first-order chi connectivity index (χ1) is 13.4. The molecule has 0 aliphatic carbocycles. The first kappa shape index (κ1) is 20.8. The van der Waals surface area contributed by atoms with Gasteiger partial charge in [-0.3, -0.25) is 4.79 Å². The molecule has 3 heterocycles. The highest BCUT2D eigenvalue weighted by Crippen LogP contribution is 2.24. The Hall–Kier alpha value is -1.95. The van der Waals surface area contributed by atoms with Gasteiger partial charge in [0.2, 0.25) is 0 Å². The third-order valence-corrected chi connectivity index (χ3v) is 5.59. The molecule has 3 rings (SSSR count). The molecule has 2 aromatic heterocycles. The number of carbonyl (C=O) groups excluding carboxylic acids is 1. The Morgan fingerprint density at radius 3 is 2.79 bits per heavy atom. The van der Waals surface area contributed by atoms with E-state index in [0.717, 1.165) is 35.6 Å². The summed E-state index contributed by atoms with van der Waals surface area (Å²) >= 11 is 0. The molecule has 1 unspecified atom stereocenters. The summed E-state index contributed by atoms with van der Waals surface area (Å²) in [7, 11) is 0. The average molecular weight is 386 g/mol. The van der Waals surface area contributed by atoms with E-state index in [2.05, 4.69) is 49.9 Å². The largest absolute Gasteiger partial charge is 0.352 e. The number of nitrogens with zero attached hydrogens (tertiary/aromatic N) is 4. The van der Waals surface area contributed by atoms with Gasteiger partial charge in [-0.15, -0.1) is 0 Å². The summed E-state index contributed by atoms with van der Waals surface area (Å²) < 4.78 is 1.90. The van der Waals surface area contributed by atoms with Crippen LogP contribution in [0.4, 0.5) is 0 Å². The van der Waals surface area contributed by atoms with Crippen molar-refractivity contribution < 1.29 is 4.79 Å². The molecule has 154 valence electrons. The molecule has 2 aromatic rings. The molecular formula is C22H35N5O. The number of fused-ring (bicyclic) bond motifs is 1. The van der Waals surface area contributed by atoms with Gasteiger partial charge in [0.05, 0.1) is 17.1 Å². The summed E-state index contributed by atoms with van der Waals surface area (Å²) in [6.07, 6.45) is 5.39. The van der Waals surface area contributed by atoms with Crippen molar-refractivity contribution in [3.05, 3.63) is 23.5 Å². The van der Waals surface area contributed by atoms with Crippen LogP contribution in [0.25, 0.3) is 11.0 Å². The zero-order valence-electron chi connectivity index (χ0n) is 18.0. The molecule has 1 amide bonds. The molecule has 1 N–H and O–H groups in total. The first-order valence-electron chi connectivity index (χ1n) is 10.8. The van der Waals surface area contributed by atoms with Crippen molar-refractivity contribution in [3.8, 4) is 0 Å². The van der Waals surface area contributed by atoms with Crippen LogP contribution in [-0.2, 0) is 0 Å². The van der Waals surface area contributed by atoms with Crippen molar-refractivity contribution >= 4 is 16.9 Å². The molecule has 6 heteroatoms. The predicted octanol–water partition coefficient (Wildman–Crippen LogP) is 3.99. The standard InChI is InChI=1S/C22H35N5O/c1-15(2)20-12-18(19-13-24-27(16(3)4)21(19)25-20)22(28)23-9-7-11-26-10-6-8-17(5)14-26/h12-13,15-17H,6-11,14H2,1-5H3,(H,23,28). The minimum absolute atomic E-state index is 0.0235. The molecule has 1 aliphatic heterocycles. The van der Waals surface area contributed by atoms with Gasteiger partial charge in [-0.05, 0) is 64.1 Å². The molecule has 0 radical (unpaired) electrons. The van der Waals surface area contributed by atoms with Crippen LogP contribution in [0.5, 0.6) is 0 Å². The Kier molecular flexibility index (Phi) is 6.70. The van der Waals surface area contributed by atoms with Crippen LogP contribution in [0.1, 0.15) is 81.9 Å². The molecule has 1 saturated heterocycles. The predicted molar refractivity (Wildman–Crippen MR) is 114 cm³/mol. The molecule has 0 spiro atoms. The summed E-state index contributed by atoms with van der Waals surface area (Å²) in [4.78, 5) is 20.2. The van der Waals surface area contributed by atoms with Gasteiger partial charge in [0.25, 0.3) is 5.91 Å². The van der Waals surface area contributed by atoms with E-state index in [1.807, 2.05) is 10.7 Å². The van der Waals surface area contributed by atoms with Gasteiger partial charge in [0.1, 0.15) is 0 Å². The molecule has 1 atom stereocenters. The number of pyridine rings is 1. The molecule has 0 saturated carbocycles. The molecule has 1 aliphatic rings. The molecular weight excluding hydrogens is 350 g/mol. The first-order valence-corrected chi connectivity index (χ1v) is 10.8. The maximum Gasteiger partial charge on any atom is 0.252 e. The maximum atomic E-state index is 12.9. The van der Waals surface area contributed by atoms with Crippen molar-refractivity contribution in [3.63, 3.8) is 0 Å². The number of likely N-dealkylation sites (tertiary alicyclic amines) is 1. The van der Waals surface area contributed by atoms with Crippen LogP contribution in [-0.4, -0.2) is 51.8 Å². The van der Waals surface area contributed by atoms with Crippen LogP contribution in [0.15, 0.2) is 12.3 Å². The fourth-order valence-electron chi connectivity index (χ4n) is 3.99. The van der Waals surface area contributed by atoms with E-state index in [4.69, 9.17) is 4.98 Å². The lowest BCUT2D eigenvalue weighted by Crippen LogP contribution is -2.36. The number of piperidine rings is 1. The number of hydrogen-bond donors (Lipinski definition) is 1. The Bertz CT molecular complexity index is 811. The van der Waals surface area contributed by atoms with Crippen molar-refractivity contribution in [2.24, 2.45) is 5.92 Å². The Labute approximate surface area is 168 Å². The lowest BCUT2D eigenvalue weighted by atomic mass is 10.0. The second-order valence-corrected chi connectivity index (χ2v) is 8.83. The third-order valence-electron chi connectivity index (χ3n) is 5.59. The number of hydrogen-bond acceptors (Lipinski definition) is 4. The van der Waals surface area contributed by atoms with Gasteiger partial charge >= 0.3 is 0 Å². The lowest BCUT2D eigenvalue weighted by Gasteiger charge is -2.30. The van der Waals surface area contributed by atoms with Gasteiger partial charge in [-0.1, -0.05) is 20.8 Å². The Balaban J connectivity index is 1.68. The van der Waals surface area contributed by atoms with Crippen LogP contribution < -0.4 is 5.32 Å². The van der Waals surface area contributed by atoms with E-state index >= 15 is 0 Å².